The molecule has 2 rings (SSSR count). The van der Waals surface area contributed by atoms with Gasteiger partial charge in [0.15, 0.2) is 0 Å². The van der Waals surface area contributed by atoms with Gasteiger partial charge in [-0.1, -0.05) is 13.8 Å². The summed E-state index contributed by atoms with van der Waals surface area (Å²) in [5.74, 6) is 1.93. The Kier molecular flexibility index (Phi) is 1.80. The Morgan fingerprint density at radius 2 is 2.00 bits per heavy atom. The van der Waals surface area contributed by atoms with Gasteiger partial charge in [-0.25, -0.2) is 6.07 Å². The number of furan rings is 1. The van der Waals surface area contributed by atoms with Gasteiger partial charge in [0.1, 0.15) is 0 Å². The maximum atomic E-state index is 5.54. The summed E-state index contributed by atoms with van der Waals surface area (Å²) in [6.45, 7) is 6.20. The van der Waals surface area contributed by atoms with Gasteiger partial charge in [-0.3, -0.25) is 0 Å². The van der Waals surface area contributed by atoms with Crippen LogP contribution >= 0.6 is 0 Å². The van der Waals surface area contributed by atoms with Crippen LogP contribution in [0.1, 0.15) is 16.9 Å². The Morgan fingerprint density at radius 1 is 1.23 bits per heavy atom. The van der Waals surface area contributed by atoms with Crippen LogP contribution in [0.25, 0.3) is 11.3 Å². The standard InChI is InChI=1S/C12H13O/c1-8-6-11(7-9(8)2)12-5-4-10(3)13-12/h4-7H,1-3H3/q-1. The molecule has 0 atom stereocenters. The molecule has 0 bridgehead atoms. The Balaban J connectivity index is 2.46. The summed E-state index contributed by atoms with van der Waals surface area (Å²) >= 11 is 0. The molecule has 0 saturated heterocycles. The first kappa shape index (κ1) is 8.24. The van der Waals surface area contributed by atoms with Crippen molar-refractivity contribution >= 4 is 0 Å². The van der Waals surface area contributed by atoms with E-state index in [2.05, 4.69) is 26.0 Å². The van der Waals surface area contributed by atoms with Crippen LogP contribution in [0.15, 0.2) is 28.7 Å². The van der Waals surface area contributed by atoms with Gasteiger partial charge < -0.3 is 4.42 Å². The van der Waals surface area contributed by atoms with Crippen molar-refractivity contribution in [1.82, 2.24) is 0 Å². The topological polar surface area (TPSA) is 13.1 Å². The predicted octanol–water partition coefficient (Wildman–Crippen LogP) is 3.59. The molecule has 68 valence electrons. The molecule has 0 N–H and O–H groups in total. The molecule has 2 aromatic rings. The lowest BCUT2D eigenvalue weighted by atomic mass is 10.2. The van der Waals surface area contributed by atoms with E-state index < -0.39 is 0 Å². The van der Waals surface area contributed by atoms with Gasteiger partial charge in [0.05, 0.1) is 11.5 Å². The first-order valence-corrected chi connectivity index (χ1v) is 4.47. The second-order valence-electron chi connectivity index (χ2n) is 3.52. The molecule has 0 aliphatic carbocycles. The maximum Gasteiger partial charge on any atom is 0.0994 e. The molecule has 1 aromatic heterocycles. The highest BCUT2D eigenvalue weighted by atomic mass is 16.3. The van der Waals surface area contributed by atoms with E-state index in [0.29, 0.717) is 0 Å². The highest BCUT2D eigenvalue weighted by Crippen LogP contribution is 2.26. The van der Waals surface area contributed by atoms with Gasteiger partial charge >= 0.3 is 0 Å². The monoisotopic (exact) mass is 173 g/mol. The highest BCUT2D eigenvalue weighted by molar-refractivity contribution is 5.62. The molecule has 0 aliphatic rings. The molecule has 1 aromatic carbocycles. The Hall–Kier alpha value is -1.37. The fraction of sp³-hybridized carbons (Fsp3) is 0.250. The van der Waals surface area contributed by atoms with Crippen LogP contribution in [0.2, 0.25) is 0 Å². The minimum absolute atomic E-state index is 0.964. The van der Waals surface area contributed by atoms with E-state index in [9.17, 15) is 0 Å². The molecule has 0 aliphatic heterocycles. The summed E-state index contributed by atoms with van der Waals surface area (Å²) in [6.07, 6.45) is 0. The van der Waals surface area contributed by atoms with Crippen LogP contribution < -0.4 is 0 Å². The van der Waals surface area contributed by atoms with Crippen LogP contribution in [0.4, 0.5) is 0 Å². The zero-order valence-corrected chi connectivity index (χ0v) is 8.22. The average molecular weight is 173 g/mol. The van der Waals surface area contributed by atoms with E-state index in [1.807, 2.05) is 19.1 Å². The minimum Gasteiger partial charge on any atom is -0.475 e. The molecule has 13 heavy (non-hydrogen) atoms. The molecule has 0 unspecified atom stereocenters. The third-order valence-corrected chi connectivity index (χ3v) is 2.39. The lowest BCUT2D eigenvalue weighted by Gasteiger charge is -1.97. The fourth-order valence-electron chi connectivity index (χ4n) is 1.47. The summed E-state index contributed by atoms with van der Waals surface area (Å²) in [5, 5.41) is 0. The van der Waals surface area contributed by atoms with E-state index in [4.69, 9.17) is 4.42 Å². The Labute approximate surface area is 78.4 Å². The van der Waals surface area contributed by atoms with Crippen LogP contribution in [-0.2, 0) is 0 Å². The van der Waals surface area contributed by atoms with Crippen molar-refractivity contribution in [2.45, 2.75) is 20.8 Å². The zero-order chi connectivity index (χ0) is 9.42. The summed E-state index contributed by atoms with van der Waals surface area (Å²) in [5.41, 5.74) is 3.83. The lowest BCUT2D eigenvalue weighted by Crippen LogP contribution is -1.64. The Bertz CT molecular complexity index is 399. The molecule has 1 heteroatoms. The highest BCUT2D eigenvalue weighted by Gasteiger charge is 1.97. The summed E-state index contributed by atoms with van der Waals surface area (Å²) in [6, 6.07) is 8.33. The maximum absolute atomic E-state index is 5.54. The van der Waals surface area contributed by atoms with Gasteiger partial charge in [0, 0.05) is 0 Å². The lowest BCUT2D eigenvalue weighted by molar-refractivity contribution is 0.548. The fourth-order valence-corrected chi connectivity index (χ4v) is 1.47. The van der Waals surface area contributed by atoms with E-state index in [-0.39, 0.29) is 0 Å². The average Bonchev–Trinajstić information content (AvgIpc) is 2.61. The first-order chi connectivity index (χ1) is 6.16. The summed E-state index contributed by atoms with van der Waals surface area (Å²) < 4.78 is 5.54. The van der Waals surface area contributed by atoms with Gasteiger partial charge in [0.2, 0.25) is 0 Å². The molecule has 0 saturated carbocycles. The number of rotatable bonds is 1. The molecule has 0 fully saturated rings. The third-order valence-electron chi connectivity index (χ3n) is 2.39. The largest absolute Gasteiger partial charge is 0.475 e. The van der Waals surface area contributed by atoms with Gasteiger partial charge in [-0.15, -0.1) is 5.56 Å². The zero-order valence-electron chi connectivity index (χ0n) is 8.22. The minimum atomic E-state index is 0.964. The van der Waals surface area contributed by atoms with E-state index in [1.165, 1.54) is 16.7 Å². The quantitative estimate of drug-likeness (QED) is 0.600. The second kappa shape index (κ2) is 2.84. The first-order valence-electron chi connectivity index (χ1n) is 4.47. The van der Waals surface area contributed by atoms with Crippen LogP contribution in [-0.4, -0.2) is 0 Å². The normalized spacial score (nSPS) is 10.7. The summed E-state index contributed by atoms with van der Waals surface area (Å²) in [4.78, 5) is 0. The third kappa shape index (κ3) is 1.42. The van der Waals surface area contributed by atoms with Gasteiger partial charge in [-0.05, 0) is 19.1 Å². The Morgan fingerprint density at radius 3 is 2.46 bits per heavy atom. The number of hydrogen-bond acceptors (Lipinski definition) is 1. The molecule has 0 amide bonds. The molecule has 0 spiro atoms. The predicted molar refractivity (Wildman–Crippen MR) is 53.9 cm³/mol. The molecular formula is C12H13O-. The SMILES string of the molecule is Cc1ccc(-c2cc(C)[c-](C)c2)o1. The number of hydrogen-bond donors (Lipinski definition) is 0. The van der Waals surface area contributed by atoms with Crippen molar-refractivity contribution in [3.8, 4) is 11.3 Å². The van der Waals surface area contributed by atoms with Crippen molar-refractivity contribution in [2.75, 3.05) is 0 Å². The van der Waals surface area contributed by atoms with Crippen molar-refractivity contribution in [3.63, 3.8) is 0 Å². The van der Waals surface area contributed by atoms with E-state index in [0.717, 1.165) is 11.5 Å². The van der Waals surface area contributed by atoms with Gasteiger partial charge in [-0.2, -0.15) is 17.2 Å². The van der Waals surface area contributed by atoms with Crippen molar-refractivity contribution in [2.24, 2.45) is 0 Å². The molecule has 1 heterocycles. The smallest absolute Gasteiger partial charge is 0.0994 e. The van der Waals surface area contributed by atoms with Gasteiger partial charge in [0.25, 0.3) is 0 Å². The number of aryl methyl sites for hydroxylation is 3. The molecular weight excluding hydrogens is 160 g/mol. The second-order valence-corrected chi connectivity index (χ2v) is 3.52. The van der Waals surface area contributed by atoms with Crippen LogP contribution in [0, 0.1) is 20.8 Å². The van der Waals surface area contributed by atoms with E-state index in [1.54, 1.807) is 0 Å². The van der Waals surface area contributed by atoms with Crippen LogP contribution in [0.5, 0.6) is 0 Å². The van der Waals surface area contributed by atoms with Crippen molar-refractivity contribution in [1.29, 1.82) is 0 Å². The van der Waals surface area contributed by atoms with Crippen LogP contribution in [0.3, 0.4) is 0 Å². The summed E-state index contributed by atoms with van der Waals surface area (Å²) in [7, 11) is 0. The van der Waals surface area contributed by atoms with Crippen molar-refractivity contribution in [3.05, 3.63) is 41.2 Å². The molecule has 1 nitrogen and oxygen atoms in total. The van der Waals surface area contributed by atoms with E-state index >= 15 is 0 Å². The molecule has 0 radical (unpaired) electrons. The van der Waals surface area contributed by atoms with Crippen molar-refractivity contribution < 1.29 is 4.42 Å².